The Kier molecular flexibility index (Phi) is 5.14. The number of benzene rings is 1. The van der Waals surface area contributed by atoms with Gasteiger partial charge in [0.1, 0.15) is 11.2 Å². The lowest BCUT2D eigenvalue weighted by atomic mass is 10.2. The average Bonchev–Trinajstić information content (AvgIpc) is 2.91. The van der Waals surface area contributed by atoms with E-state index in [9.17, 15) is 0 Å². The van der Waals surface area contributed by atoms with E-state index in [1.165, 1.54) is 10.4 Å². The number of aryl methyl sites for hydroxylation is 2. The topological polar surface area (TPSA) is 68.6 Å². The average molecular weight is 356 g/mol. The summed E-state index contributed by atoms with van der Waals surface area (Å²) in [5.74, 6) is 2.11. The SMILES string of the molecule is CCOc1ccc(/C=N/Nc2ncnc3sc(C)c(C)c23)cc1OC. The normalized spacial score (nSPS) is 11.2. The molecule has 25 heavy (non-hydrogen) atoms. The molecule has 0 aliphatic heterocycles. The Balaban J connectivity index is 1.82. The van der Waals surface area contributed by atoms with Crippen molar-refractivity contribution in [2.24, 2.45) is 5.10 Å². The van der Waals surface area contributed by atoms with Gasteiger partial charge in [0, 0.05) is 4.88 Å². The van der Waals surface area contributed by atoms with Crippen molar-refractivity contribution >= 4 is 33.6 Å². The molecule has 3 rings (SSSR count). The van der Waals surface area contributed by atoms with Gasteiger partial charge in [-0.15, -0.1) is 11.3 Å². The minimum Gasteiger partial charge on any atom is -0.493 e. The maximum Gasteiger partial charge on any atom is 0.161 e. The van der Waals surface area contributed by atoms with Crippen LogP contribution in [-0.4, -0.2) is 29.9 Å². The van der Waals surface area contributed by atoms with Gasteiger partial charge < -0.3 is 9.47 Å². The number of rotatable bonds is 6. The molecule has 0 atom stereocenters. The molecule has 2 aromatic heterocycles. The van der Waals surface area contributed by atoms with Gasteiger partial charge in [0.05, 0.1) is 25.3 Å². The van der Waals surface area contributed by atoms with Crippen LogP contribution in [0, 0.1) is 13.8 Å². The van der Waals surface area contributed by atoms with Gasteiger partial charge in [-0.2, -0.15) is 5.10 Å². The van der Waals surface area contributed by atoms with Crippen LogP contribution in [0.1, 0.15) is 22.9 Å². The lowest BCUT2D eigenvalue weighted by Gasteiger charge is -2.09. The molecular formula is C18H20N4O2S. The summed E-state index contributed by atoms with van der Waals surface area (Å²) in [5.41, 5.74) is 5.10. The summed E-state index contributed by atoms with van der Waals surface area (Å²) in [5, 5.41) is 5.33. The summed E-state index contributed by atoms with van der Waals surface area (Å²) in [6, 6.07) is 5.68. The van der Waals surface area contributed by atoms with E-state index in [1.54, 1.807) is 31.0 Å². The molecule has 0 radical (unpaired) electrons. The Morgan fingerprint density at radius 2 is 2.08 bits per heavy atom. The van der Waals surface area contributed by atoms with E-state index in [2.05, 4.69) is 34.3 Å². The highest BCUT2D eigenvalue weighted by Crippen LogP contribution is 2.32. The fraction of sp³-hybridized carbons (Fsp3) is 0.278. The zero-order valence-electron chi connectivity index (χ0n) is 14.7. The lowest BCUT2D eigenvalue weighted by Crippen LogP contribution is -1.98. The first-order valence-electron chi connectivity index (χ1n) is 7.94. The van der Waals surface area contributed by atoms with E-state index >= 15 is 0 Å². The van der Waals surface area contributed by atoms with Crippen molar-refractivity contribution in [1.82, 2.24) is 9.97 Å². The minimum absolute atomic E-state index is 0.592. The smallest absolute Gasteiger partial charge is 0.161 e. The molecule has 0 spiro atoms. The number of nitrogens with zero attached hydrogens (tertiary/aromatic N) is 3. The zero-order chi connectivity index (χ0) is 17.8. The Labute approximate surface area is 150 Å². The Hall–Kier alpha value is -2.67. The van der Waals surface area contributed by atoms with Gasteiger partial charge in [-0.05, 0) is 50.1 Å². The molecule has 0 fully saturated rings. The van der Waals surface area contributed by atoms with Crippen molar-refractivity contribution in [3.8, 4) is 11.5 Å². The van der Waals surface area contributed by atoms with Crippen molar-refractivity contribution in [2.45, 2.75) is 20.8 Å². The second-order valence-electron chi connectivity index (χ2n) is 5.40. The van der Waals surface area contributed by atoms with Crippen LogP contribution in [0.2, 0.25) is 0 Å². The van der Waals surface area contributed by atoms with E-state index < -0.39 is 0 Å². The first-order chi connectivity index (χ1) is 12.1. The number of hydrazone groups is 1. The predicted molar refractivity (Wildman–Crippen MR) is 102 cm³/mol. The molecule has 0 bridgehead atoms. The fourth-order valence-corrected chi connectivity index (χ4v) is 3.47. The monoisotopic (exact) mass is 356 g/mol. The maximum absolute atomic E-state index is 5.52. The largest absolute Gasteiger partial charge is 0.493 e. The maximum atomic E-state index is 5.52. The number of methoxy groups -OCH3 is 1. The molecule has 0 aliphatic rings. The number of nitrogens with one attached hydrogen (secondary N) is 1. The Morgan fingerprint density at radius 1 is 1.24 bits per heavy atom. The number of hydrogen-bond donors (Lipinski definition) is 1. The molecule has 130 valence electrons. The molecule has 1 N–H and O–H groups in total. The van der Waals surface area contributed by atoms with Crippen LogP contribution in [0.3, 0.4) is 0 Å². The quantitative estimate of drug-likeness (QED) is 0.530. The predicted octanol–water partition coefficient (Wildman–Crippen LogP) is 4.16. The highest BCUT2D eigenvalue weighted by molar-refractivity contribution is 7.18. The van der Waals surface area contributed by atoms with E-state index in [1.807, 2.05) is 25.1 Å². The third kappa shape index (κ3) is 3.56. The number of ether oxygens (including phenoxy) is 2. The summed E-state index contributed by atoms with van der Waals surface area (Å²) in [6.07, 6.45) is 3.27. The van der Waals surface area contributed by atoms with E-state index in [4.69, 9.17) is 9.47 Å². The lowest BCUT2D eigenvalue weighted by molar-refractivity contribution is 0.311. The number of hydrogen-bond acceptors (Lipinski definition) is 7. The summed E-state index contributed by atoms with van der Waals surface area (Å²) >= 11 is 1.66. The van der Waals surface area contributed by atoms with Crippen molar-refractivity contribution < 1.29 is 9.47 Å². The number of fused-ring (bicyclic) bond motifs is 1. The second kappa shape index (κ2) is 7.48. The van der Waals surface area contributed by atoms with Crippen LogP contribution in [-0.2, 0) is 0 Å². The summed E-state index contributed by atoms with van der Waals surface area (Å²) in [4.78, 5) is 10.8. The number of thiophene rings is 1. The molecule has 1 aromatic carbocycles. The van der Waals surface area contributed by atoms with E-state index in [-0.39, 0.29) is 0 Å². The van der Waals surface area contributed by atoms with Crippen LogP contribution in [0.25, 0.3) is 10.2 Å². The van der Waals surface area contributed by atoms with Gasteiger partial charge in [0.2, 0.25) is 0 Å². The first-order valence-corrected chi connectivity index (χ1v) is 8.76. The molecule has 0 saturated carbocycles. The van der Waals surface area contributed by atoms with Crippen LogP contribution in [0.15, 0.2) is 29.6 Å². The summed E-state index contributed by atoms with van der Waals surface area (Å²) in [6.45, 7) is 6.69. The minimum atomic E-state index is 0.592. The molecule has 0 saturated heterocycles. The number of aromatic nitrogens is 2. The van der Waals surface area contributed by atoms with Crippen molar-refractivity contribution in [1.29, 1.82) is 0 Å². The molecule has 0 amide bonds. The van der Waals surface area contributed by atoms with Crippen LogP contribution >= 0.6 is 11.3 Å². The molecule has 3 aromatic rings. The second-order valence-corrected chi connectivity index (χ2v) is 6.60. The summed E-state index contributed by atoms with van der Waals surface area (Å²) < 4.78 is 10.9. The Bertz CT molecular complexity index is 921. The van der Waals surface area contributed by atoms with Gasteiger partial charge in [-0.25, -0.2) is 9.97 Å². The third-order valence-electron chi connectivity index (χ3n) is 3.84. The van der Waals surface area contributed by atoms with Crippen molar-refractivity contribution in [3.63, 3.8) is 0 Å². The Morgan fingerprint density at radius 3 is 2.84 bits per heavy atom. The van der Waals surface area contributed by atoms with Gasteiger partial charge in [0.25, 0.3) is 0 Å². The fourth-order valence-electron chi connectivity index (χ4n) is 2.47. The van der Waals surface area contributed by atoms with Gasteiger partial charge >= 0.3 is 0 Å². The summed E-state index contributed by atoms with van der Waals surface area (Å²) in [7, 11) is 1.62. The molecular weight excluding hydrogens is 336 g/mol. The highest BCUT2D eigenvalue weighted by atomic mass is 32.1. The van der Waals surface area contributed by atoms with Crippen molar-refractivity contribution in [2.75, 3.05) is 19.1 Å². The molecule has 6 nitrogen and oxygen atoms in total. The third-order valence-corrected chi connectivity index (χ3v) is 4.95. The van der Waals surface area contributed by atoms with E-state index in [0.29, 0.717) is 18.2 Å². The highest BCUT2D eigenvalue weighted by Gasteiger charge is 2.11. The van der Waals surface area contributed by atoms with Gasteiger partial charge in [-0.3, -0.25) is 5.43 Å². The van der Waals surface area contributed by atoms with Gasteiger partial charge in [0.15, 0.2) is 17.3 Å². The van der Waals surface area contributed by atoms with Gasteiger partial charge in [-0.1, -0.05) is 0 Å². The molecule has 0 unspecified atom stereocenters. The van der Waals surface area contributed by atoms with Crippen molar-refractivity contribution in [3.05, 3.63) is 40.5 Å². The van der Waals surface area contributed by atoms with E-state index in [0.717, 1.165) is 21.5 Å². The standard InChI is InChI=1S/C18H20N4O2S/c1-5-24-14-7-6-13(8-15(14)23-4)9-21-22-17-16-11(2)12(3)25-18(16)20-10-19-17/h6-10H,5H2,1-4H3,(H,19,20,22)/b21-9+. The molecule has 0 aliphatic carbocycles. The van der Waals surface area contributed by atoms with Crippen LogP contribution < -0.4 is 14.9 Å². The molecule has 7 heteroatoms. The molecule has 2 heterocycles. The number of anilines is 1. The first kappa shape index (κ1) is 17.2. The zero-order valence-corrected chi connectivity index (χ0v) is 15.5. The van der Waals surface area contributed by atoms with Crippen LogP contribution in [0.5, 0.6) is 11.5 Å². The van der Waals surface area contributed by atoms with Crippen LogP contribution in [0.4, 0.5) is 5.82 Å².